The van der Waals surface area contributed by atoms with Crippen molar-refractivity contribution in [1.29, 1.82) is 0 Å². The molecule has 11 heteroatoms. The second-order valence-electron chi connectivity index (χ2n) is 8.12. The third kappa shape index (κ3) is 3.71. The molecule has 1 amide bonds. The van der Waals surface area contributed by atoms with Gasteiger partial charge >= 0.3 is 0 Å². The van der Waals surface area contributed by atoms with Crippen molar-refractivity contribution in [2.75, 3.05) is 35.3 Å². The Bertz CT molecular complexity index is 1210. The topological polar surface area (TPSA) is 86.8 Å². The van der Waals surface area contributed by atoms with Crippen molar-refractivity contribution in [3.8, 4) is 0 Å². The van der Waals surface area contributed by atoms with E-state index < -0.39 is 0 Å². The molecule has 3 aliphatic rings. The van der Waals surface area contributed by atoms with Crippen molar-refractivity contribution in [1.82, 2.24) is 14.9 Å². The minimum absolute atomic E-state index is 0.0787. The summed E-state index contributed by atoms with van der Waals surface area (Å²) in [5.41, 5.74) is 6.35. The van der Waals surface area contributed by atoms with Crippen LogP contribution in [-0.2, 0) is 17.6 Å². The predicted molar refractivity (Wildman–Crippen MR) is 133 cm³/mol. The van der Waals surface area contributed by atoms with E-state index in [9.17, 15) is 4.79 Å². The molecule has 4 heterocycles. The lowest BCUT2D eigenvalue weighted by Gasteiger charge is -2.31. The molecule has 0 radical (unpaired) electrons. The molecule has 1 aromatic carbocycles. The standard InChI is InChI=1S/C21H21ClN6OS3/c22-13-8-15-17(32-27-26-15)9-14(13)25-19-18-12-2-1-11(21(29)28-3-5-30-6-4-28)7-16(12)31-20(18)24-10-23-19/h8-11,26-27H,1-7H2,(H,23,24,25)/p+1. The molecule has 0 spiro atoms. The quantitative estimate of drug-likeness (QED) is 0.369. The highest BCUT2D eigenvalue weighted by Gasteiger charge is 2.32. The number of aromatic nitrogens is 2. The van der Waals surface area contributed by atoms with Crippen molar-refractivity contribution >= 4 is 80.0 Å². The van der Waals surface area contributed by atoms with Crippen LogP contribution in [0.3, 0.4) is 0 Å². The number of benzene rings is 1. The maximum Gasteiger partial charge on any atom is 0.226 e. The first-order chi connectivity index (χ1) is 15.7. The van der Waals surface area contributed by atoms with Crippen LogP contribution in [0.5, 0.6) is 0 Å². The molecular weight excluding hydrogens is 484 g/mol. The molecule has 32 heavy (non-hydrogen) atoms. The molecule has 2 aromatic heterocycles. The SMILES string of the molecule is O=C(C1CCc2c(sc3ncnc(Nc4cc5c(cc4Cl)N[NH2+]S5)c23)C1)N1CCSCC1. The molecule has 1 saturated heterocycles. The maximum absolute atomic E-state index is 13.1. The van der Waals surface area contributed by atoms with Gasteiger partial charge in [0.1, 0.15) is 34.6 Å². The monoisotopic (exact) mass is 505 g/mol. The number of nitrogen functional groups attached to an aromatic ring is 1. The van der Waals surface area contributed by atoms with Crippen LogP contribution in [0.1, 0.15) is 16.9 Å². The zero-order chi connectivity index (χ0) is 21.7. The summed E-state index contributed by atoms with van der Waals surface area (Å²) in [6.45, 7) is 1.76. The van der Waals surface area contributed by atoms with Crippen molar-refractivity contribution in [2.45, 2.75) is 24.2 Å². The molecule has 1 atom stereocenters. The second kappa shape index (κ2) is 8.57. The van der Waals surface area contributed by atoms with Gasteiger partial charge in [0.15, 0.2) is 0 Å². The third-order valence-corrected chi connectivity index (χ3v) is 9.48. The van der Waals surface area contributed by atoms with Crippen LogP contribution in [0.15, 0.2) is 23.4 Å². The second-order valence-corrected chi connectivity index (χ2v) is 11.7. The van der Waals surface area contributed by atoms with Gasteiger partial charge in [-0.2, -0.15) is 16.6 Å². The first kappa shape index (κ1) is 20.9. The van der Waals surface area contributed by atoms with Crippen LogP contribution in [0, 0.1) is 5.92 Å². The van der Waals surface area contributed by atoms with Crippen LogP contribution in [0.25, 0.3) is 10.2 Å². The summed E-state index contributed by atoms with van der Waals surface area (Å²) in [4.78, 5) is 29.6. The number of carbonyl (C=O) groups excluding carboxylic acids is 1. The number of aryl methyl sites for hydroxylation is 1. The van der Waals surface area contributed by atoms with E-state index in [0.29, 0.717) is 10.9 Å². The Hall–Kier alpha value is -1.72. The summed E-state index contributed by atoms with van der Waals surface area (Å²) in [5, 5.41) is 5.18. The van der Waals surface area contributed by atoms with Gasteiger partial charge in [-0.15, -0.1) is 11.3 Å². The fourth-order valence-corrected chi connectivity index (χ4v) is 7.73. The van der Waals surface area contributed by atoms with Gasteiger partial charge in [-0.3, -0.25) is 4.79 Å². The van der Waals surface area contributed by atoms with Crippen molar-refractivity contribution in [3.05, 3.63) is 33.9 Å². The number of thioether (sulfide) groups is 1. The Morgan fingerprint density at radius 3 is 3.03 bits per heavy atom. The van der Waals surface area contributed by atoms with Crippen LogP contribution in [-0.4, -0.2) is 45.4 Å². The average molecular weight is 506 g/mol. The van der Waals surface area contributed by atoms with Gasteiger partial charge in [-0.25, -0.2) is 15.4 Å². The summed E-state index contributed by atoms with van der Waals surface area (Å²) in [7, 11) is 0. The van der Waals surface area contributed by atoms with E-state index in [1.165, 1.54) is 10.4 Å². The predicted octanol–water partition coefficient (Wildman–Crippen LogP) is 3.68. The molecule has 1 unspecified atom stereocenters. The molecule has 166 valence electrons. The summed E-state index contributed by atoms with van der Waals surface area (Å²) in [5.74, 6) is 3.29. The summed E-state index contributed by atoms with van der Waals surface area (Å²) in [6, 6.07) is 3.99. The van der Waals surface area contributed by atoms with E-state index in [-0.39, 0.29) is 5.92 Å². The number of rotatable bonds is 3. The molecule has 1 fully saturated rings. The summed E-state index contributed by atoms with van der Waals surface area (Å²) < 4.78 is 0. The number of hydrogen-bond acceptors (Lipinski definition) is 8. The Labute approximate surface area is 203 Å². The highest BCUT2D eigenvalue weighted by Crippen LogP contribution is 2.42. The van der Waals surface area contributed by atoms with Gasteiger partial charge in [0.25, 0.3) is 0 Å². The largest absolute Gasteiger partial charge is 0.341 e. The van der Waals surface area contributed by atoms with E-state index in [4.69, 9.17) is 11.6 Å². The van der Waals surface area contributed by atoms with Crippen LogP contribution in [0.4, 0.5) is 17.2 Å². The van der Waals surface area contributed by atoms with E-state index in [2.05, 4.69) is 31.7 Å². The molecule has 6 rings (SSSR count). The number of nitrogens with two attached hydrogens (primary N) is 1. The number of hydrogen-bond donors (Lipinski definition) is 3. The Morgan fingerprint density at radius 1 is 1.28 bits per heavy atom. The van der Waals surface area contributed by atoms with Gasteiger partial charge in [-0.05, 0) is 37.0 Å². The number of halogens is 1. The molecule has 4 N–H and O–H groups in total. The number of quaternary nitrogens is 1. The van der Waals surface area contributed by atoms with Crippen LogP contribution >= 0.6 is 46.6 Å². The lowest BCUT2D eigenvalue weighted by atomic mass is 9.87. The smallest absolute Gasteiger partial charge is 0.226 e. The number of nitrogens with one attached hydrogen (secondary N) is 2. The van der Waals surface area contributed by atoms with Crippen molar-refractivity contribution in [3.63, 3.8) is 0 Å². The number of anilines is 3. The lowest BCUT2D eigenvalue weighted by Crippen LogP contribution is -2.77. The molecule has 7 nitrogen and oxygen atoms in total. The molecule has 0 saturated carbocycles. The van der Waals surface area contributed by atoms with E-state index in [0.717, 1.165) is 76.2 Å². The zero-order valence-corrected chi connectivity index (χ0v) is 20.4. The fourth-order valence-electron chi connectivity index (χ4n) is 4.60. The average Bonchev–Trinajstić information content (AvgIpc) is 3.43. The Kier molecular flexibility index (Phi) is 5.58. The zero-order valence-electron chi connectivity index (χ0n) is 17.2. The number of thiophene rings is 1. The number of carbonyl (C=O) groups is 1. The van der Waals surface area contributed by atoms with E-state index in [1.807, 2.05) is 22.7 Å². The van der Waals surface area contributed by atoms with Crippen LogP contribution in [0.2, 0.25) is 5.02 Å². The van der Waals surface area contributed by atoms with Crippen molar-refractivity contribution in [2.24, 2.45) is 5.92 Å². The molecule has 2 aliphatic heterocycles. The van der Waals surface area contributed by atoms with Gasteiger partial charge < -0.3 is 10.2 Å². The number of fused-ring (bicyclic) bond motifs is 4. The molecule has 0 bridgehead atoms. The summed E-state index contributed by atoms with van der Waals surface area (Å²) >= 11 is 11.8. The van der Waals surface area contributed by atoms with Crippen LogP contribution < -0.4 is 15.6 Å². The number of amides is 1. The normalized spacial score (nSPS) is 20.0. The van der Waals surface area contributed by atoms with Gasteiger partial charge in [0, 0.05) is 35.4 Å². The molecular formula is C21H22ClN6OS3+. The Morgan fingerprint density at radius 2 is 2.16 bits per heavy atom. The summed E-state index contributed by atoms with van der Waals surface area (Å²) in [6.07, 6.45) is 4.17. The van der Waals surface area contributed by atoms with Crippen molar-refractivity contribution < 1.29 is 9.63 Å². The first-order valence-electron chi connectivity index (χ1n) is 10.6. The first-order valence-corrected chi connectivity index (χ1v) is 13.9. The van der Waals surface area contributed by atoms with Gasteiger partial charge in [0.2, 0.25) is 5.91 Å². The maximum atomic E-state index is 13.1. The highest BCUT2D eigenvalue weighted by molar-refractivity contribution is 7.99. The lowest BCUT2D eigenvalue weighted by molar-refractivity contribution is -0.438. The third-order valence-electron chi connectivity index (χ3n) is 6.24. The van der Waals surface area contributed by atoms with Gasteiger partial charge in [0.05, 0.1) is 21.0 Å². The van der Waals surface area contributed by atoms with Gasteiger partial charge in [-0.1, -0.05) is 11.6 Å². The minimum Gasteiger partial charge on any atom is -0.341 e. The Balaban J connectivity index is 1.30. The molecule has 3 aromatic rings. The van der Waals surface area contributed by atoms with E-state index >= 15 is 0 Å². The fraction of sp³-hybridized carbons (Fsp3) is 0.381. The molecule has 1 aliphatic carbocycles. The van der Waals surface area contributed by atoms with E-state index in [1.54, 1.807) is 29.6 Å². The minimum atomic E-state index is 0.0787. The highest BCUT2D eigenvalue weighted by atomic mass is 35.5. The number of nitrogens with zero attached hydrogens (tertiary/aromatic N) is 3.